The monoisotopic (exact) mass is 321 g/mol. The van der Waals surface area contributed by atoms with Crippen molar-refractivity contribution in [2.45, 2.75) is 25.3 Å². The lowest BCUT2D eigenvalue weighted by atomic mass is 9.94. The van der Waals surface area contributed by atoms with Gasteiger partial charge in [-0.2, -0.15) is 0 Å². The third kappa shape index (κ3) is 2.99. The largest absolute Gasteiger partial charge is 0.371 e. The molecule has 0 amide bonds. The smallest absolute Gasteiger partial charge is 0.150 e. The van der Waals surface area contributed by atoms with Crippen LogP contribution in [0, 0.1) is 0 Å². The molecule has 1 aliphatic rings. The normalized spacial score (nSPS) is 18.8. The second-order valence-corrected chi connectivity index (χ2v) is 6.50. The average molecular weight is 321 g/mol. The van der Waals surface area contributed by atoms with Gasteiger partial charge in [0.15, 0.2) is 0 Å². The molecule has 4 heterocycles. The summed E-state index contributed by atoms with van der Waals surface area (Å²) in [6.45, 7) is 3.17. The predicted octanol–water partition coefficient (Wildman–Crippen LogP) is 3.15. The van der Waals surface area contributed by atoms with Gasteiger partial charge in [-0.05, 0) is 43.1 Å². The second-order valence-electron chi connectivity index (χ2n) is 6.50. The van der Waals surface area contributed by atoms with Crippen molar-refractivity contribution in [3.63, 3.8) is 0 Å². The van der Waals surface area contributed by atoms with Crippen LogP contribution in [0.3, 0.4) is 0 Å². The average Bonchev–Trinajstić information content (AvgIpc) is 3.10. The summed E-state index contributed by atoms with van der Waals surface area (Å²) < 4.78 is 2.17. The van der Waals surface area contributed by atoms with Crippen molar-refractivity contribution in [1.29, 1.82) is 0 Å². The van der Waals surface area contributed by atoms with Gasteiger partial charge in [0, 0.05) is 50.8 Å². The molecule has 1 atom stereocenters. The van der Waals surface area contributed by atoms with Crippen LogP contribution in [-0.2, 0) is 6.54 Å². The zero-order chi connectivity index (χ0) is 16.4. The van der Waals surface area contributed by atoms with Gasteiger partial charge in [-0.1, -0.05) is 6.07 Å². The molecule has 124 valence electrons. The highest BCUT2D eigenvalue weighted by atomic mass is 15.1. The number of piperidine rings is 1. The first-order chi connectivity index (χ1) is 11.8. The number of anilines is 1. The molecule has 0 bridgehead atoms. The number of pyridine rings is 1. The van der Waals surface area contributed by atoms with Gasteiger partial charge in [0.2, 0.25) is 0 Å². The topological polar surface area (TPSA) is 45.5 Å². The molecule has 3 aromatic rings. The lowest BCUT2D eigenvalue weighted by Crippen LogP contribution is -2.34. The second kappa shape index (κ2) is 6.61. The zero-order valence-electron chi connectivity index (χ0n) is 14.0. The molecule has 24 heavy (non-hydrogen) atoms. The predicted molar refractivity (Wildman–Crippen MR) is 96.2 cm³/mol. The van der Waals surface area contributed by atoms with Crippen molar-refractivity contribution in [2.75, 3.05) is 25.5 Å². The number of hydrogen-bond donors (Lipinski definition) is 1. The van der Waals surface area contributed by atoms with Gasteiger partial charge in [0.05, 0.1) is 11.2 Å². The van der Waals surface area contributed by atoms with Crippen molar-refractivity contribution in [2.24, 2.45) is 0 Å². The summed E-state index contributed by atoms with van der Waals surface area (Å²) in [5.41, 5.74) is 3.59. The van der Waals surface area contributed by atoms with Gasteiger partial charge >= 0.3 is 0 Å². The van der Waals surface area contributed by atoms with Crippen LogP contribution in [0.4, 0.5) is 5.82 Å². The van der Waals surface area contributed by atoms with Crippen LogP contribution in [0.1, 0.15) is 30.0 Å². The van der Waals surface area contributed by atoms with Crippen molar-refractivity contribution in [1.82, 2.24) is 19.3 Å². The fourth-order valence-electron chi connectivity index (χ4n) is 3.64. The van der Waals surface area contributed by atoms with Crippen LogP contribution >= 0.6 is 0 Å². The Balaban J connectivity index is 1.55. The Kier molecular flexibility index (Phi) is 4.17. The number of rotatable bonds is 4. The van der Waals surface area contributed by atoms with Crippen LogP contribution in [0.5, 0.6) is 0 Å². The quantitative estimate of drug-likeness (QED) is 0.802. The summed E-state index contributed by atoms with van der Waals surface area (Å²) in [5, 5.41) is 3.23. The summed E-state index contributed by atoms with van der Waals surface area (Å²) in [5.74, 6) is 1.44. The van der Waals surface area contributed by atoms with Crippen molar-refractivity contribution >= 4 is 11.3 Å². The van der Waals surface area contributed by atoms with E-state index in [1.165, 1.54) is 24.1 Å². The minimum Gasteiger partial charge on any atom is -0.371 e. The first-order valence-corrected chi connectivity index (χ1v) is 8.60. The molecule has 1 N–H and O–H groups in total. The minimum absolute atomic E-state index is 0.481. The number of fused-ring (bicyclic) bond motifs is 1. The molecule has 0 radical (unpaired) electrons. The van der Waals surface area contributed by atoms with Crippen LogP contribution in [0.15, 0.2) is 49.1 Å². The maximum Gasteiger partial charge on any atom is 0.150 e. The van der Waals surface area contributed by atoms with Crippen LogP contribution < -0.4 is 5.32 Å². The molecule has 1 aliphatic heterocycles. The maximum atomic E-state index is 4.89. The molecular formula is C19H23N5. The Hall–Kier alpha value is -2.40. The molecule has 1 saturated heterocycles. The molecule has 0 unspecified atom stereocenters. The lowest BCUT2D eigenvalue weighted by molar-refractivity contribution is 0.198. The zero-order valence-corrected chi connectivity index (χ0v) is 14.0. The highest BCUT2D eigenvalue weighted by Gasteiger charge is 2.23. The van der Waals surface area contributed by atoms with Gasteiger partial charge < -0.3 is 9.72 Å². The number of nitrogens with zero attached hydrogens (tertiary/aromatic N) is 4. The minimum atomic E-state index is 0.481. The fraction of sp³-hybridized carbons (Fsp3) is 0.368. The highest BCUT2D eigenvalue weighted by molar-refractivity contribution is 5.68. The van der Waals surface area contributed by atoms with Gasteiger partial charge in [0.25, 0.3) is 0 Å². The van der Waals surface area contributed by atoms with E-state index in [1.807, 2.05) is 25.5 Å². The Morgan fingerprint density at radius 2 is 2.25 bits per heavy atom. The summed E-state index contributed by atoms with van der Waals surface area (Å²) in [6, 6.07) is 8.33. The summed E-state index contributed by atoms with van der Waals surface area (Å²) in [7, 11) is 1.94. The third-order valence-corrected chi connectivity index (χ3v) is 4.82. The molecule has 5 nitrogen and oxygen atoms in total. The Labute approximate surface area is 142 Å². The first kappa shape index (κ1) is 15.1. The van der Waals surface area contributed by atoms with Crippen molar-refractivity contribution in [3.05, 3.63) is 60.3 Å². The summed E-state index contributed by atoms with van der Waals surface area (Å²) in [4.78, 5) is 11.6. The van der Waals surface area contributed by atoms with E-state index in [4.69, 9.17) is 4.98 Å². The SMILES string of the molecule is CNc1nc([C@H]2CCCN(Cc3cccnc3)C2)cn2cccc12. The molecule has 0 aromatic carbocycles. The molecule has 0 saturated carbocycles. The van der Waals surface area contributed by atoms with E-state index in [2.05, 4.69) is 50.2 Å². The lowest BCUT2D eigenvalue weighted by Gasteiger charge is -2.32. The molecular weight excluding hydrogens is 298 g/mol. The number of likely N-dealkylation sites (tertiary alicyclic amines) is 1. The molecule has 0 spiro atoms. The summed E-state index contributed by atoms with van der Waals surface area (Å²) >= 11 is 0. The fourth-order valence-corrected chi connectivity index (χ4v) is 3.64. The van der Waals surface area contributed by atoms with Crippen molar-refractivity contribution < 1.29 is 0 Å². The van der Waals surface area contributed by atoms with E-state index in [0.717, 1.165) is 31.0 Å². The molecule has 1 fully saturated rings. The van der Waals surface area contributed by atoms with Gasteiger partial charge in [-0.15, -0.1) is 0 Å². The van der Waals surface area contributed by atoms with Gasteiger partial charge in [-0.3, -0.25) is 9.88 Å². The highest BCUT2D eigenvalue weighted by Crippen LogP contribution is 2.28. The van der Waals surface area contributed by atoms with E-state index in [9.17, 15) is 0 Å². The maximum absolute atomic E-state index is 4.89. The Morgan fingerprint density at radius 3 is 3.08 bits per heavy atom. The first-order valence-electron chi connectivity index (χ1n) is 8.60. The third-order valence-electron chi connectivity index (χ3n) is 4.82. The van der Waals surface area contributed by atoms with E-state index < -0.39 is 0 Å². The molecule has 0 aliphatic carbocycles. The number of aromatic nitrogens is 3. The molecule has 5 heteroatoms. The van der Waals surface area contributed by atoms with Crippen LogP contribution in [-0.4, -0.2) is 39.4 Å². The van der Waals surface area contributed by atoms with Crippen molar-refractivity contribution in [3.8, 4) is 0 Å². The van der Waals surface area contributed by atoms with E-state index >= 15 is 0 Å². The van der Waals surface area contributed by atoms with Crippen LogP contribution in [0.25, 0.3) is 5.52 Å². The molecule has 3 aromatic heterocycles. The van der Waals surface area contributed by atoms with Gasteiger partial charge in [0.1, 0.15) is 5.82 Å². The number of nitrogens with one attached hydrogen (secondary N) is 1. The Bertz CT molecular complexity index is 811. The van der Waals surface area contributed by atoms with E-state index in [-0.39, 0.29) is 0 Å². The Morgan fingerprint density at radius 1 is 1.29 bits per heavy atom. The van der Waals surface area contributed by atoms with E-state index in [1.54, 1.807) is 0 Å². The number of hydrogen-bond acceptors (Lipinski definition) is 4. The van der Waals surface area contributed by atoms with Crippen LogP contribution in [0.2, 0.25) is 0 Å². The van der Waals surface area contributed by atoms with E-state index in [0.29, 0.717) is 5.92 Å². The summed E-state index contributed by atoms with van der Waals surface area (Å²) in [6.07, 6.45) is 10.5. The standard InChI is InChI=1S/C19H23N5/c1-20-19-18-7-4-10-24(18)14-17(22-19)16-6-3-9-23(13-16)12-15-5-2-8-21-11-15/h2,4-5,7-8,10-11,14,16H,3,6,9,12-13H2,1H3,(H,20,22)/t16-/m0/s1. The van der Waals surface area contributed by atoms with Gasteiger partial charge in [-0.25, -0.2) is 4.98 Å². The molecule has 4 rings (SSSR count).